The largest absolute Gasteiger partial charge is 0.370 e. The molecule has 1 aliphatic rings. The van der Waals surface area contributed by atoms with Crippen molar-refractivity contribution in [3.05, 3.63) is 18.0 Å². The summed E-state index contributed by atoms with van der Waals surface area (Å²) in [6.45, 7) is 5.03. The number of nitrogens with zero attached hydrogens (tertiary/aromatic N) is 2. The Kier molecular flexibility index (Phi) is 3.61. The predicted octanol–water partition coefficient (Wildman–Crippen LogP) is 1.43. The van der Waals surface area contributed by atoms with E-state index in [0.717, 1.165) is 39.0 Å². The van der Waals surface area contributed by atoms with Gasteiger partial charge in [-0.15, -0.1) is 0 Å². The fourth-order valence-electron chi connectivity index (χ4n) is 2.30. The first-order valence-corrected chi connectivity index (χ1v) is 6.11. The summed E-state index contributed by atoms with van der Waals surface area (Å²) in [5, 5.41) is 7.65. The molecule has 1 aliphatic heterocycles. The first-order valence-electron chi connectivity index (χ1n) is 6.11. The van der Waals surface area contributed by atoms with Gasteiger partial charge in [0, 0.05) is 25.4 Å². The van der Waals surface area contributed by atoms with E-state index in [9.17, 15) is 0 Å². The molecule has 0 atom stereocenters. The first kappa shape index (κ1) is 11.6. The second kappa shape index (κ2) is 4.97. The van der Waals surface area contributed by atoms with E-state index in [1.165, 1.54) is 5.56 Å². The zero-order valence-corrected chi connectivity index (χ0v) is 10.2. The van der Waals surface area contributed by atoms with Crippen molar-refractivity contribution < 1.29 is 4.74 Å². The maximum atomic E-state index is 6.13. The van der Waals surface area contributed by atoms with Crippen molar-refractivity contribution in [2.45, 2.75) is 31.8 Å². The number of piperidine rings is 1. The van der Waals surface area contributed by atoms with Crippen LogP contribution in [0, 0.1) is 0 Å². The average Bonchev–Trinajstić information content (AvgIpc) is 2.75. The predicted molar refractivity (Wildman–Crippen MR) is 63.2 cm³/mol. The maximum Gasteiger partial charge on any atom is 0.0985 e. The normalized spacial score (nSPS) is 19.9. The van der Waals surface area contributed by atoms with Crippen LogP contribution in [-0.2, 0) is 17.4 Å². The molecular formula is C12H21N3O. The zero-order chi connectivity index (χ0) is 11.4. The van der Waals surface area contributed by atoms with Gasteiger partial charge in [-0.2, -0.15) is 5.10 Å². The fourth-order valence-corrected chi connectivity index (χ4v) is 2.30. The van der Waals surface area contributed by atoms with Crippen molar-refractivity contribution in [1.82, 2.24) is 15.1 Å². The van der Waals surface area contributed by atoms with E-state index in [-0.39, 0.29) is 5.60 Å². The van der Waals surface area contributed by atoms with Gasteiger partial charge in [-0.1, -0.05) is 6.92 Å². The first-order chi connectivity index (χ1) is 7.77. The molecule has 0 spiro atoms. The molecule has 4 nitrogen and oxygen atoms in total. The lowest BCUT2D eigenvalue weighted by Crippen LogP contribution is -2.41. The molecule has 0 radical (unpaired) electrons. The molecule has 0 aromatic carbocycles. The Balaban J connectivity index is 2.18. The van der Waals surface area contributed by atoms with Crippen LogP contribution >= 0.6 is 0 Å². The second-order valence-corrected chi connectivity index (χ2v) is 4.50. The van der Waals surface area contributed by atoms with E-state index in [1.54, 1.807) is 0 Å². The van der Waals surface area contributed by atoms with E-state index in [1.807, 2.05) is 17.9 Å². The van der Waals surface area contributed by atoms with Crippen molar-refractivity contribution in [1.29, 1.82) is 0 Å². The number of ether oxygens (including phenoxy) is 1. The molecule has 0 bridgehead atoms. The Morgan fingerprint density at radius 1 is 1.50 bits per heavy atom. The lowest BCUT2D eigenvalue weighted by Gasteiger charge is -2.37. The van der Waals surface area contributed by atoms with E-state index in [4.69, 9.17) is 4.74 Å². The molecule has 0 amide bonds. The SMILES string of the molecule is CCCOC1(c2cnn(C)c2)CCNCC1. The number of aromatic nitrogens is 2. The molecule has 0 unspecified atom stereocenters. The van der Waals surface area contributed by atoms with Crippen LogP contribution in [0.4, 0.5) is 0 Å². The highest BCUT2D eigenvalue weighted by Gasteiger charge is 2.35. The average molecular weight is 223 g/mol. The van der Waals surface area contributed by atoms with Gasteiger partial charge in [-0.3, -0.25) is 4.68 Å². The number of aryl methyl sites for hydroxylation is 1. The van der Waals surface area contributed by atoms with Gasteiger partial charge < -0.3 is 10.1 Å². The van der Waals surface area contributed by atoms with Gasteiger partial charge >= 0.3 is 0 Å². The van der Waals surface area contributed by atoms with Gasteiger partial charge in [0.1, 0.15) is 0 Å². The zero-order valence-electron chi connectivity index (χ0n) is 10.2. The Labute approximate surface area is 97.0 Å². The van der Waals surface area contributed by atoms with E-state index in [0.29, 0.717) is 0 Å². The Morgan fingerprint density at radius 3 is 2.81 bits per heavy atom. The molecular weight excluding hydrogens is 202 g/mol. The smallest absolute Gasteiger partial charge is 0.0985 e. The molecule has 1 N–H and O–H groups in total. The van der Waals surface area contributed by atoms with E-state index >= 15 is 0 Å². The number of hydrogen-bond acceptors (Lipinski definition) is 3. The number of rotatable bonds is 4. The molecule has 2 rings (SSSR count). The molecule has 1 fully saturated rings. The molecule has 0 aliphatic carbocycles. The Hall–Kier alpha value is -0.870. The van der Waals surface area contributed by atoms with Crippen LogP contribution in [0.3, 0.4) is 0 Å². The minimum Gasteiger partial charge on any atom is -0.370 e. The molecule has 0 saturated carbocycles. The summed E-state index contributed by atoms with van der Waals surface area (Å²) in [5.41, 5.74) is 1.13. The lowest BCUT2D eigenvalue weighted by atomic mass is 9.86. The van der Waals surface area contributed by atoms with E-state index < -0.39 is 0 Å². The third kappa shape index (κ3) is 2.28. The maximum absolute atomic E-state index is 6.13. The molecule has 16 heavy (non-hydrogen) atoms. The summed E-state index contributed by atoms with van der Waals surface area (Å²) < 4.78 is 7.98. The lowest BCUT2D eigenvalue weighted by molar-refractivity contribution is -0.0711. The molecule has 90 valence electrons. The van der Waals surface area contributed by atoms with E-state index in [2.05, 4.69) is 23.5 Å². The monoisotopic (exact) mass is 223 g/mol. The summed E-state index contributed by atoms with van der Waals surface area (Å²) in [6.07, 6.45) is 7.18. The summed E-state index contributed by atoms with van der Waals surface area (Å²) in [5.74, 6) is 0. The fraction of sp³-hybridized carbons (Fsp3) is 0.750. The van der Waals surface area contributed by atoms with Gasteiger partial charge in [0.2, 0.25) is 0 Å². The third-order valence-corrected chi connectivity index (χ3v) is 3.22. The summed E-state index contributed by atoms with van der Waals surface area (Å²) in [7, 11) is 1.96. The minimum atomic E-state index is -0.102. The van der Waals surface area contributed by atoms with Crippen LogP contribution < -0.4 is 5.32 Å². The van der Waals surface area contributed by atoms with Crippen molar-refractivity contribution >= 4 is 0 Å². The molecule has 1 aromatic heterocycles. The second-order valence-electron chi connectivity index (χ2n) is 4.50. The van der Waals surface area contributed by atoms with Gasteiger partial charge in [-0.05, 0) is 32.4 Å². The quantitative estimate of drug-likeness (QED) is 0.839. The summed E-state index contributed by atoms with van der Waals surface area (Å²) in [4.78, 5) is 0. The van der Waals surface area contributed by atoms with Crippen LogP contribution in [0.1, 0.15) is 31.7 Å². The Bertz CT molecular complexity index is 329. The minimum absolute atomic E-state index is 0.102. The van der Waals surface area contributed by atoms with Crippen molar-refractivity contribution in [2.75, 3.05) is 19.7 Å². The van der Waals surface area contributed by atoms with Crippen LogP contribution in [0.5, 0.6) is 0 Å². The van der Waals surface area contributed by atoms with Crippen molar-refractivity contribution in [2.24, 2.45) is 7.05 Å². The van der Waals surface area contributed by atoms with Crippen LogP contribution in [0.15, 0.2) is 12.4 Å². The standard InChI is InChI=1S/C12H21N3O/c1-3-8-16-12(4-6-13-7-5-12)11-9-14-15(2)10-11/h9-10,13H,3-8H2,1-2H3. The molecule has 2 heterocycles. The van der Waals surface area contributed by atoms with Gasteiger partial charge in [0.15, 0.2) is 0 Å². The highest BCUT2D eigenvalue weighted by molar-refractivity contribution is 5.17. The Morgan fingerprint density at radius 2 is 2.25 bits per heavy atom. The number of nitrogens with one attached hydrogen (secondary N) is 1. The van der Waals surface area contributed by atoms with Crippen molar-refractivity contribution in [3.8, 4) is 0 Å². The molecule has 1 aromatic rings. The summed E-state index contributed by atoms with van der Waals surface area (Å²) >= 11 is 0. The molecule has 1 saturated heterocycles. The highest BCUT2D eigenvalue weighted by atomic mass is 16.5. The topological polar surface area (TPSA) is 39.1 Å². The van der Waals surface area contributed by atoms with Crippen LogP contribution in [0.2, 0.25) is 0 Å². The summed E-state index contributed by atoms with van der Waals surface area (Å²) in [6, 6.07) is 0. The van der Waals surface area contributed by atoms with Crippen molar-refractivity contribution in [3.63, 3.8) is 0 Å². The van der Waals surface area contributed by atoms with Gasteiger partial charge in [0.05, 0.1) is 11.8 Å². The van der Waals surface area contributed by atoms with Crippen LogP contribution in [0.25, 0.3) is 0 Å². The third-order valence-electron chi connectivity index (χ3n) is 3.22. The highest BCUT2D eigenvalue weighted by Crippen LogP contribution is 2.34. The van der Waals surface area contributed by atoms with Crippen LogP contribution in [-0.4, -0.2) is 29.5 Å². The van der Waals surface area contributed by atoms with Gasteiger partial charge in [-0.25, -0.2) is 0 Å². The number of hydrogen-bond donors (Lipinski definition) is 1. The molecule has 4 heteroatoms. The van der Waals surface area contributed by atoms with Gasteiger partial charge in [0.25, 0.3) is 0 Å².